The fourth-order valence-electron chi connectivity index (χ4n) is 2.20. The molecule has 1 saturated heterocycles. The topological polar surface area (TPSA) is 49.8 Å². The van der Waals surface area contributed by atoms with Gasteiger partial charge in [-0.3, -0.25) is 4.79 Å². The molecule has 0 aromatic heterocycles. The Morgan fingerprint density at radius 1 is 1.38 bits per heavy atom. The van der Waals surface area contributed by atoms with Gasteiger partial charge in [0.15, 0.2) is 0 Å². The van der Waals surface area contributed by atoms with Crippen molar-refractivity contribution in [1.82, 2.24) is 4.90 Å². The number of hydrogen-bond donors (Lipinski definition) is 1. The normalized spacial score (nSPS) is 21.2. The van der Waals surface area contributed by atoms with Crippen molar-refractivity contribution in [3.8, 4) is 0 Å². The van der Waals surface area contributed by atoms with Gasteiger partial charge in [0.05, 0.1) is 18.7 Å². The van der Waals surface area contributed by atoms with E-state index in [2.05, 4.69) is 0 Å². The first-order valence-electron chi connectivity index (χ1n) is 6.54. The molecule has 2 atom stereocenters. The van der Waals surface area contributed by atoms with Crippen LogP contribution in [0.4, 0.5) is 13.2 Å². The van der Waals surface area contributed by atoms with E-state index in [4.69, 9.17) is 4.74 Å². The highest BCUT2D eigenvalue weighted by molar-refractivity contribution is 5.80. The number of amides is 1. The lowest BCUT2D eigenvalue weighted by Crippen LogP contribution is -2.45. The molecule has 1 fully saturated rings. The second kappa shape index (κ2) is 6.03. The molecule has 0 spiro atoms. The van der Waals surface area contributed by atoms with Crippen LogP contribution in [0.15, 0.2) is 24.3 Å². The number of rotatable bonds is 2. The van der Waals surface area contributed by atoms with Gasteiger partial charge in [0, 0.05) is 6.54 Å². The van der Waals surface area contributed by atoms with Crippen LogP contribution in [0.5, 0.6) is 0 Å². The Balaban J connectivity index is 2.09. The Morgan fingerprint density at radius 2 is 2.00 bits per heavy atom. The number of hydrogen-bond acceptors (Lipinski definition) is 3. The molecule has 1 aliphatic rings. The van der Waals surface area contributed by atoms with E-state index in [-0.39, 0.29) is 13.2 Å². The van der Waals surface area contributed by atoms with Gasteiger partial charge in [-0.25, -0.2) is 0 Å². The minimum atomic E-state index is -4.37. The third-order valence-corrected chi connectivity index (χ3v) is 3.35. The van der Waals surface area contributed by atoms with Crippen molar-refractivity contribution in [3.05, 3.63) is 35.4 Å². The fraction of sp³-hybridized carbons (Fsp3) is 0.500. The average molecular weight is 303 g/mol. The van der Waals surface area contributed by atoms with Crippen LogP contribution in [0, 0.1) is 0 Å². The smallest absolute Gasteiger partial charge is 0.384 e. The highest BCUT2D eigenvalue weighted by Gasteiger charge is 2.31. The molecule has 0 saturated carbocycles. The van der Waals surface area contributed by atoms with Gasteiger partial charge in [0.2, 0.25) is 0 Å². The third kappa shape index (κ3) is 3.74. The van der Waals surface area contributed by atoms with Crippen LogP contribution in [0.2, 0.25) is 0 Å². The molecule has 2 rings (SSSR count). The average Bonchev–Trinajstić information content (AvgIpc) is 2.46. The predicted octanol–water partition coefficient (Wildman–Crippen LogP) is 1.99. The van der Waals surface area contributed by atoms with Crippen molar-refractivity contribution in [3.63, 3.8) is 0 Å². The van der Waals surface area contributed by atoms with Gasteiger partial charge in [-0.2, -0.15) is 13.2 Å². The summed E-state index contributed by atoms with van der Waals surface area (Å²) in [6, 6.07) is 4.69. The maximum atomic E-state index is 12.5. The van der Waals surface area contributed by atoms with Gasteiger partial charge < -0.3 is 14.7 Å². The van der Waals surface area contributed by atoms with Crippen LogP contribution in [0.25, 0.3) is 0 Å². The number of alkyl halides is 3. The molecule has 0 aliphatic carbocycles. The van der Waals surface area contributed by atoms with E-state index in [1.165, 1.54) is 24.0 Å². The zero-order valence-electron chi connectivity index (χ0n) is 11.4. The summed E-state index contributed by atoms with van der Waals surface area (Å²) in [4.78, 5) is 13.2. The summed E-state index contributed by atoms with van der Waals surface area (Å²) in [5.74, 6) is -0.407. The number of benzene rings is 1. The largest absolute Gasteiger partial charge is 0.416 e. The van der Waals surface area contributed by atoms with E-state index >= 15 is 0 Å². The highest BCUT2D eigenvalue weighted by Crippen LogP contribution is 2.31. The first-order valence-corrected chi connectivity index (χ1v) is 6.54. The van der Waals surface area contributed by atoms with Crippen LogP contribution < -0.4 is 0 Å². The summed E-state index contributed by atoms with van der Waals surface area (Å²) in [6.07, 6.45) is -5.96. The molecule has 1 heterocycles. The molecule has 0 bridgehead atoms. The van der Waals surface area contributed by atoms with Gasteiger partial charge in [0.1, 0.15) is 12.2 Å². The molecule has 1 N–H and O–H groups in total. The van der Waals surface area contributed by atoms with Crippen molar-refractivity contribution in [2.75, 3.05) is 19.7 Å². The van der Waals surface area contributed by atoms with Gasteiger partial charge in [0.25, 0.3) is 5.91 Å². The molecule has 21 heavy (non-hydrogen) atoms. The van der Waals surface area contributed by atoms with Crippen LogP contribution in [-0.4, -0.2) is 41.7 Å². The van der Waals surface area contributed by atoms with Crippen LogP contribution in [-0.2, 0) is 15.7 Å². The lowest BCUT2D eigenvalue weighted by atomic mass is 10.0. The standard InChI is InChI=1S/C14H16F3NO3/c1-9(19)13(20)18-6-7-21-12(8-18)10-2-4-11(5-3-10)14(15,16)17/h2-5,9,12,19H,6-8H2,1H3/t9-,12+/m1/s1. The van der Waals surface area contributed by atoms with E-state index in [1.54, 1.807) is 0 Å². The number of nitrogens with zero attached hydrogens (tertiary/aromatic N) is 1. The number of aliphatic hydroxyl groups excluding tert-OH is 1. The monoisotopic (exact) mass is 303 g/mol. The Kier molecular flexibility index (Phi) is 4.53. The summed E-state index contributed by atoms with van der Waals surface area (Å²) >= 11 is 0. The number of aliphatic hydroxyl groups is 1. The minimum Gasteiger partial charge on any atom is -0.384 e. The molecule has 1 amide bonds. The van der Waals surface area contributed by atoms with E-state index < -0.39 is 29.9 Å². The molecule has 116 valence electrons. The van der Waals surface area contributed by atoms with E-state index in [0.29, 0.717) is 12.1 Å². The number of halogens is 3. The molecule has 7 heteroatoms. The molecule has 4 nitrogen and oxygen atoms in total. The first-order chi connectivity index (χ1) is 9.79. The summed E-state index contributed by atoms with van der Waals surface area (Å²) < 4.78 is 43.0. The van der Waals surface area contributed by atoms with E-state index in [0.717, 1.165) is 12.1 Å². The van der Waals surface area contributed by atoms with Gasteiger partial charge in [-0.1, -0.05) is 12.1 Å². The minimum absolute atomic E-state index is 0.217. The SMILES string of the molecule is C[C@@H](O)C(=O)N1CCO[C@H](c2ccc(C(F)(F)F)cc2)C1. The zero-order chi connectivity index (χ0) is 15.6. The highest BCUT2D eigenvalue weighted by atomic mass is 19.4. The van der Waals surface area contributed by atoms with Gasteiger partial charge in [-0.15, -0.1) is 0 Å². The van der Waals surface area contributed by atoms with Gasteiger partial charge >= 0.3 is 6.18 Å². The van der Waals surface area contributed by atoms with Crippen molar-refractivity contribution in [1.29, 1.82) is 0 Å². The van der Waals surface area contributed by atoms with Crippen LogP contribution >= 0.6 is 0 Å². The van der Waals surface area contributed by atoms with Crippen molar-refractivity contribution < 1.29 is 27.8 Å². The molecular weight excluding hydrogens is 287 g/mol. The Bertz CT molecular complexity index is 499. The lowest BCUT2D eigenvalue weighted by molar-refractivity contribution is -0.147. The number of carbonyl (C=O) groups excluding carboxylic acids is 1. The predicted molar refractivity (Wildman–Crippen MR) is 68.4 cm³/mol. The molecule has 0 radical (unpaired) electrons. The third-order valence-electron chi connectivity index (χ3n) is 3.35. The van der Waals surface area contributed by atoms with Crippen molar-refractivity contribution in [2.45, 2.75) is 25.3 Å². The first kappa shape index (κ1) is 15.8. The number of morpholine rings is 1. The maximum absolute atomic E-state index is 12.5. The summed E-state index contributed by atoms with van der Waals surface area (Å²) in [6.45, 7) is 2.24. The molecular formula is C14H16F3NO3. The van der Waals surface area contributed by atoms with E-state index in [1.807, 2.05) is 0 Å². The second-order valence-electron chi connectivity index (χ2n) is 4.94. The zero-order valence-corrected chi connectivity index (χ0v) is 11.4. The molecule has 1 aromatic rings. The summed E-state index contributed by atoms with van der Waals surface area (Å²) in [5, 5.41) is 9.30. The second-order valence-corrected chi connectivity index (χ2v) is 4.94. The Morgan fingerprint density at radius 3 is 2.52 bits per heavy atom. The van der Waals surface area contributed by atoms with E-state index in [9.17, 15) is 23.1 Å². The lowest BCUT2D eigenvalue weighted by Gasteiger charge is -2.34. The van der Waals surface area contributed by atoms with Crippen molar-refractivity contribution >= 4 is 5.91 Å². The maximum Gasteiger partial charge on any atom is 0.416 e. The number of ether oxygens (including phenoxy) is 1. The van der Waals surface area contributed by atoms with Crippen molar-refractivity contribution in [2.24, 2.45) is 0 Å². The number of carbonyl (C=O) groups is 1. The Labute approximate surface area is 120 Å². The molecule has 0 unspecified atom stereocenters. The van der Waals surface area contributed by atoms with Crippen LogP contribution in [0.3, 0.4) is 0 Å². The summed E-state index contributed by atoms with van der Waals surface area (Å²) in [5.41, 5.74) is -0.148. The van der Waals surface area contributed by atoms with Gasteiger partial charge in [-0.05, 0) is 24.6 Å². The molecule has 1 aromatic carbocycles. The molecule has 1 aliphatic heterocycles. The fourth-order valence-corrected chi connectivity index (χ4v) is 2.20. The van der Waals surface area contributed by atoms with Crippen LogP contribution in [0.1, 0.15) is 24.2 Å². The quantitative estimate of drug-likeness (QED) is 0.909. The Hall–Kier alpha value is -1.60. The summed E-state index contributed by atoms with van der Waals surface area (Å²) in [7, 11) is 0.